The van der Waals surface area contributed by atoms with Crippen LogP contribution in [0, 0.1) is 0 Å². The van der Waals surface area contributed by atoms with Crippen molar-refractivity contribution in [1.29, 1.82) is 0 Å². The summed E-state index contributed by atoms with van der Waals surface area (Å²) in [4.78, 5) is 31.4. The van der Waals surface area contributed by atoms with Gasteiger partial charge in [-0.05, 0) is 31.5 Å². The largest absolute Gasteiger partial charge is 0.336 e. The molecule has 2 fully saturated rings. The number of anilines is 1. The van der Waals surface area contributed by atoms with Gasteiger partial charge in [-0.1, -0.05) is 0 Å². The summed E-state index contributed by atoms with van der Waals surface area (Å²) >= 11 is 2.98. The zero-order valence-corrected chi connectivity index (χ0v) is 14.7. The number of rotatable bonds is 4. The molecule has 0 spiro atoms. The standard InChI is InChI=1S/C16H18N4O2S2/c21-14(11-2-1-5-17-11)19-13-4-3-12(24-13)16(22)20-8-10(9-20)15-18-6-7-23-15/h3-4,6-7,10-11,17H,1-2,5,8-9H2,(H,19,21). The third-order valence-corrected chi connectivity index (χ3v) is 6.34. The monoisotopic (exact) mass is 362 g/mol. The van der Waals surface area contributed by atoms with Crippen LogP contribution in [-0.2, 0) is 4.79 Å². The summed E-state index contributed by atoms with van der Waals surface area (Å²) in [7, 11) is 0. The van der Waals surface area contributed by atoms with Crippen LogP contribution in [0.2, 0.25) is 0 Å². The number of likely N-dealkylation sites (tertiary alicyclic amines) is 1. The lowest BCUT2D eigenvalue weighted by molar-refractivity contribution is -0.117. The molecule has 0 aliphatic carbocycles. The molecule has 2 aliphatic heterocycles. The fourth-order valence-corrected chi connectivity index (χ4v) is 4.63. The Labute approximate surface area is 147 Å². The van der Waals surface area contributed by atoms with Gasteiger partial charge in [0.15, 0.2) is 0 Å². The minimum absolute atomic E-state index is 0.0128. The van der Waals surface area contributed by atoms with E-state index in [-0.39, 0.29) is 17.9 Å². The Hall–Kier alpha value is -1.77. The molecule has 0 aromatic carbocycles. The third-order valence-electron chi connectivity index (χ3n) is 4.41. The van der Waals surface area contributed by atoms with Gasteiger partial charge in [-0.25, -0.2) is 4.98 Å². The van der Waals surface area contributed by atoms with Gasteiger partial charge in [0.05, 0.1) is 20.9 Å². The predicted octanol–water partition coefficient (Wildman–Crippen LogP) is 2.13. The number of aromatic nitrogens is 1. The lowest BCUT2D eigenvalue weighted by Crippen LogP contribution is -2.48. The number of hydrogen-bond donors (Lipinski definition) is 2. The minimum Gasteiger partial charge on any atom is -0.336 e. The summed E-state index contributed by atoms with van der Waals surface area (Å²) in [5, 5.41) is 9.87. The molecule has 2 aromatic rings. The van der Waals surface area contributed by atoms with Crippen molar-refractivity contribution < 1.29 is 9.59 Å². The maximum atomic E-state index is 12.5. The third kappa shape index (κ3) is 3.09. The van der Waals surface area contributed by atoms with Crippen LogP contribution in [0.3, 0.4) is 0 Å². The van der Waals surface area contributed by atoms with Gasteiger partial charge in [-0.15, -0.1) is 22.7 Å². The molecule has 0 radical (unpaired) electrons. The Kier molecular flexibility index (Phi) is 4.34. The van der Waals surface area contributed by atoms with E-state index in [1.54, 1.807) is 23.6 Å². The summed E-state index contributed by atoms with van der Waals surface area (Å²) in [6, 6.07) is 3.49. The first-order valence-electron chi connectivity index (χ1n) is 8.03. The van der Waals surface area contributed by atoms with Crippen LogP contribution in [0.1, 0.15) is 33.4 Å². The van der Waals surface area contributed by atoms with Gasteiger partial charge in [-0.2, -0.15) is 0 Å². The number of carbonyl (C=O) groups excluding carboxylic acids is 2. The number of amides is 2. The van der Waals surface area contributed by atoms with E-state index in [0.29, 0.717) is 10.8 Å². The Bertz CT molecular complexity index is 731. The van der Waals surface area contributed by atoms with Crippen molar-refractivity contribution in [3.05, 3.63) is 33.6 Å². The van der Waals surface area contributed by atoms with E-state index < -0.39 is 0 Å². The highest BCUT2D eigenvalue weighted by Gasteiger charge is 2.34. The molecule has 1 atom stereocenters. The summed E-state index contributed by atoms with van der Waals surface area (Å²) in [6.45, 7) is 2.33. The van der Waals surface area contributed by atoms with E-state index in [4.69, 9.17) is 0 Å². The summed E-state index contributed by atoms with van der Waals surface area (Å²) in [5.74, 6) is 0.384. The molecule has 6 nitrogen and oxygen atoms in total. The van der Waals surface area contributed by atoms with Crippen molar-refractivity contribution in [3.63, 3.8) is 0 Å². The van der Waals surface area contributed by atoms with E-state index in [1.807, 2.05) is 16.3 Å². The molecule has 0 bridgehead atoms. The second kappa shape index (κ2) is 6.62. The highest BCUT2D eigenvalue weighted by Crippen LogP contribution is 2.31. The first-order valence-corrected chi connectivity index (χ1v) is 9.73. The normalized spacial score (nSPS) is 20.8. The minimum atomic E-state index is -0.110. The molecule has 2 aliphatic rings. The molecule has 24 heavy (non-hydrogen) atoms. The Morgan fingerprint density at radius 2 is 2.21 bits per heavy atom. The average molecular weight is 362 g/mol. The fourth-order valence-electron chi connectivity index (χ4n) is 3.03. The summed E-state index contributed by atoms with van der Waals surface area (Å²) in [6.07, 6.45) is 3.70. The number of hydrogen-bond acceptors (Lipinski definition) is 6. The number of nitrogens with one attached hydrogen (secondary N) is 2. The van der Waals surface area contributed by atoms with Crippen molar-refractivity contribution >= 4 is 39.5 Å². The van der Waals surface area contributed by atoms with Crippen molar-refractivity contribution in [1.82, 2.24) is 15.2 Å². The molecule has 4 rings (SSSR count). The first-order chi connectivity index (χ1) is 11.7. The highest BCUT2D eigenvalue weighted by molar-refractivity contribution is 7.18. The SMILES string of the molecule is O=C(Nc1ccc(C(=O)N2CC(c3nccs3)C2)s1)C1CCCN1. The summed E-state index contributed by atoms with van der Waals surface area (Å²) in [5.41, 5.74) is 0. The zero-order valence-electron chi connectivity index (χ0n) is 13.0. The van der Waals surface area contributed by atoms with Crippen molar-refractivity contribution in [2.24, 2.45) is 0 Å². The van der Waals surface area contributed by atoms with Crippen LogP contribution in [0.15, 0.2) is 23.7 Å². The van der Waals surface area contributed by atoms with Crippen LogP contribution in [0.5, 0.6) is 0 Å². The molecule has 2 amide bonds. The molecule has 126 valence electrons. The van der Waals surface area contributed by atoms with E-state index >= 15 is 0 Å². The molecule has 8 heteroatoms. The quantitative estimate of drug-likeness (QED) is 0.874. The van der Waals surface area contributed by atoms with Crippen molar-refractivity contribution in [2.45, 2.75) is 24.8 Å². The van der Waals surface area contributed by atoms with Gasteiger partial charge in [0.1, 0.15) is 0 Å². The molecule has 2 aromatic heterocycles. The molecular weight excluding hydrogens is 344 g/mol. The smallest absolute Gasteiger partial charge is 0.264 e. The van der Waals surface area contributed by atoms with E-state index in [1.165, 1.54) is 11.3 Å². The molecule has 2 saturated heterocycles. The van der Waals surface area contributed by atoms with E-state index in [0.717, 1.165) is 42.5 Å². The molecule has 0 saturated carbocycles. The lowest BCUT2D eigenvalue weighted by Gasteiger charge is -2.37. The van der Waals surface area contributed by atoms with Crippen LogP contribution in [0.4, 0.5) is 5.00 Å². The van der Waals surface area contributed by atoms with E-state index in [9.17, 15) is 9.59 Å². The Morgan fingerprint density at radius 3 is 2.92 bits per heavy atom. The first kappa shape index (κ1) is 15.7. The van der Waals surface area contributed by atoms with Gasteiger partial charge in [0.2, 0.25) is 5.91 Å². The molecule has 2 N–H and O–H groups in total. The predicted molar refractivity (Wildman–Crippen MR) is 94.7 cm³/mol. The van der Waals surface area contributed by atoms with Gasteiger partial charge < -0.3 is 15.5 Å². The van der Waals surface area contributed by atoms with Gasteiger partial charge in [0, 0.05) is 30.6 Å². The van der Waals surface area contributed by atoms with Gasteiger partial charge in [0.25, 0.3) is 5.91 Å². The van der Waals surface area contributed by atoms with Crippen molar-refractivity contribution in [2.75, 3.05) is 25.0 Å². The maximum absolute atomic E-state index is 12.5. The summed E-state index contributed by atoms with van der Waals surface area (Å²) < 4.78 is 0. The zero-order chi connectivity index (χ0) is 16.5. The number of thiophene rings is 1. The molecule has 4 heterocycles. The van der Waals surface area contributed by atoms with Crippen LogP contribution in [-0.4, -0.2) is 47.4 Å². The lowest BCUT2D eigenvalue weighted by atomic mass is 10.0. The van der Waals surface area contributed by atoms with Crippen molar-refractivity contribution in [3.8, 4) is 0 Å². The van der Waals surface area contributed by atoms with Crippen LogP contribution < -0.4 is 10.6 Å². The topological polar surface area (TPSA) is 74.3 Å². The second-order valence-electron chi connectivity index (χ2n) is 6.08. The highest BCUT2D eigenvalue weighted by atomic mass is 32.1. The molecule has 1 unspecified atom stereocenters. The van der Waals surface area contributed by atoms with Crippen LogP contribution in [0.25, 0.3) is 0 Å². The number of thiazole rings is 1. The fraction of sp³-hybridized carbons (Fsp3) is 0.438. The number of carbonyl (C=O) groups is 2. The van der Waals surface area contributed by atoms with Gasteiger partial charge in [-0.3, -0.25) is 9.59 Å². The maximum Gasteiger partial charge on any atom is 0.264 e. The van der Waals surface area contributed by atoms with Gasteiger partial charge >= 0.3 is 0 Å². The number of nitrogens with zero attached hydrogens (tertiary/aromatic N) is 2. The Morgan fingerprint density at radius 1 is 1.33 bits per heavy atom. The van der Waals surface area contributed by atoms with Crippen LogP contribution >= 0.6 is 22.7 Å². The Balaban J connectivity index is 1.33. The molecular formula is C16H18N4O2S2. The second-order valence-corrected chi connectivity index (χ2v) is 8.09. The van der Waals surface area contributed by atoms with E-state index in [2.05, 4.69) is 15.6 Å². The average Bonchev–Trinajstić information content (AvgIpc) is 3.28.